The van der Waals surface area contributed by atoms with Crippen molar-refractivity contribution in [3.8, 4) is 0 Å². The molecule has 0 saturated carbocycles. The average Bonchev–Trinajstić information content (AvgIpc) is 2.89. The molecule has 1 heterocycles. The molecule has 0 aliphatic rings. The molecule has 1 aromatic carbocycles. The summed E-state index contributed by atoms with van der Waals surface area (Å²) in [6.45, 7) is 1.97. The zero-order chi connectivity index (χ0) is 14.8. The molecule has 0 saturated heterocycles. The Morgan fingerprint density at radius 3 is 2.85 bits per heavy atom. The zero-order valence-corrected chi connectivity index (χ0v) is 12.3. The lowest BCUT2D eigenvalue weighted by molar-refractivity contribution is 0.554. The number of halogens is 1. The third-order valence-corrected chi connectivity index (χ3v) is 5.24. The van der Waals surface area contributed by atoms with E-state index in [0.717, 1.165) is 11.1 Å². The normalized spacial score (nSPS) is 13.3. The molecule has 0 fully saturated rings. The van der Waals surface area contributed by atoms with Crippen LogP contribution in [0.3, 0.4) is 0 Å². The van der Waals surface area contributed by atoms with Crippen LogP contribution < -0.4 is 10.5 Å². The van der Waals surface area contributed by atoms with E-state index in [1.165, 1.54) is 23.5 Å². The average molecular weight is 315 g/mol. The molecule has 0 spiro atoms. The van der Waals surface area contributed by atoms with Crippen molar-refractivity contribution in [3.05, 3.63) is 40.6 Å². The Kier molecular flexibility index (Phi) is 4.36. The minimum Gasteiger partial charge on any atom is -0.398 e. The van der Waals surface area contributed by atoms with Crippen LogP contribution in [0.1, 0.15) is 17.8 Å². The van der Waals surface area contributed by atoms with Crippen LogP contribution in [0, 0.1) is 5.82 Å². The van der Waals surface area contributed by atoms with Gasteiger partial charge in [-0.2, -0.15) is 0 Å². The summed E-state index contributed by atoms with van der Waals surface area (Å²) < 4.78 is 40.2. The van der Waals surface area contributed by atoms with Crippen molar-refractivity contribution >= 4 is 27.0 Å². The van der Waals surface area contributed by atoms with Crippen LogP contribution in [-0.2, 0) is 10.0 Å². The fourth-order valence-corrected chi connectivity index (χ4v) is 3.70. The fourth-order valence-electron chi connectivity index (χ4n) is 1.68. The lowest BCUT2D eigenvalue weighted by atomic mass is 10.2. The van der Waals surface area contributed by atoms with Crippen molar-refractivity contribution < 1.29 is 12.8 Å². The highest BCUT2D eigenvalue weighted by Gasteiger charge is 2.23. The number of thiazole rings is 1. The Morgan fingerprint density at radius 1 is 1.50 bits per heavy atom. The summed E-state index contributed by atoms with van der Waals surface area (Å²) in [5.74, 6) is -0.961. The topological polar surface area (TPSA) is 85.1 Å². The first-order chi connectivity index (χ1) is 9.42. The fraction of sp³-hybridized carbons (Fsp3) is 0.250. The van der Waals surface area contributed by atoms with Crippen LogP contribution in [0.25, 0.3) is 0 Å². The minimum atomic E-state index is -3.98. The molecular formula is C12H14FN3O2S2. The summed E-state index contributed by atoms with van der Waals surface area (Å²) in [5, 5.41) is 2.63. The molecule has 3 N–H and O–H groups in total. The molecule has 0 radical (unpaired) electrons. The SMILES string of the molecule is CC(CNS(=O)(=O)c1c(N)cccc1F)c1nccs1. The van der Waals surface area contributed by atoms with Crippen LogP contribution in [0.15, 0.2) is 34.7 Å². The quantitative estimate of drug-likeness (QED) is 0.826. The highest BCUT2D eigenvalue weighted by molar-refractivity contribution is 7.89. The van der Waals surface area contributed by atoms with Crippen molar-refractivity contribution in [1.29, 1.82) is 0 Å². The predicted molar refractivity (Wildman–Crippen MR) is 76.5 cm³/mol. The Morgan fingerprint density at radius 2 is 2.25 bits per heavy atom. The van der Waals surface area contributed by atoms with E-state index in [1.807, 2.05) is 12.3 Å². The van der Waals surface area contributed by atoms with Crippen molar-refractivity contribution in [2.24, 2.45) is 0 Å². The first kappa shape index (κ1) is 14.9. The van der Waals surface area contributed by atoms with E-state index >= 15 is 0 Å². The number of rotatable bonds is 5. The predicted octanol–water partition coefficient (Wildman–Crippen LogP) is 1.95. The maximum absolute atomic E-state index is 13.6. The highest BCUT2D eigenvalue weighted by atomic mass is 32.2. The molecule has 0 aliphatic heterocycles. The monoisotopic (exact) mass is 315 g/mol. The summed E-state index contributed by atoms with van der Waals surface area (Å²) in [5.41, 5.74) is 5.43. The van der Waals surface area contributed by atoms with Crippen molar-refractivity contribution in [1.82, 2.24) is 9.71 Å². The molecule has 0 aliphatic carbocycles. The molecule has 1 unspecified atom stereocenters. The second kappa shape index (κ2) is 5.86. The largest absolute Gasteiger partial charge is 0.398 e. The number of sulfonamides is 1. The number of nitrogen functional groups attached to an aromatic ring is 1. The molecule has 2 aromatic rings. The van der Waals surface area contributed by atoms with Gasteiger partial charge in [-0.15, -0.1) is 11.3 Å². The molecule has 1 aromatic heterocycles. The number of hydrogen-bond donors (Lipinski definition) is 2. The van der Waals surface area contributed by atoms with Gasteiger partial charge in [-0.05, 0) is 12.1 Å². The number of nitrogens with zero attached hydrogens (tertiary/aromatic N) is 1. The van der Waals surface area contributed by atoms with Gasteiger partial charge in [0.25, 0.3) is 0 Å². The highest BCUT2D eigenvalue weighted by Crippen LogP contribution is 2.22. The first-order valence-electron chi connectivity index (χ1n) is 5.85. The van der Waals surface area contributed by atoms with Gasteiger partial charge in [0.2, 0.25) is 10.0 Å². The van der Waals surface area contributed by atoms with Gasteiger partial charge in [0, 0.05) is 24.0 Å². The van der Waals surface area contributed by atoms with E-state index in [-0.39, 0.29) is 18.2 Å². The number of nitrogens with one attached hydrogen (secondary N) is 1. The Balaban J connectivity index is 2.16. The Hall–Kier alpha value is -1.51. The molecule has 0 bridgehead atoms. The van der Waals surface area contributed by atoms with Crippen LogP contribution in [0.2, 0.25) is 0 Å². The molecule has 2 rings (SSSR count). The first-order valence-corrected chi connectivity index (χ1v) is 8.21. The smallest absolute Gasteiger partial charge is 0.245 e. The molecule has 20 heavy (non-hydrogen) atoms. The zero-order valence-electron chi connectivity index (χ0n) is 10.7. The number of nitrogens with two attached hydrogens (primary N) is 1. The molecule has 5 nitrogen and oxygen atoms in total. The van der Waals surface area contributed by atoms with Crippen LogP contribution in [0.4, 0.5) is 10.1 Å². The van der Waals surface area contributed by atoms with E-state index < -0.39 is 20.7 Å². The summed E-state index contributed by atoms with van der Waals surface area (Å²) in [7, 11) is -3.98. The molecule has 108 valence electrons. The van der Waals surface area contributed by atoms with E-state index in [9.17, 15) is 12.8 Å². The van der Waals surface area contributed by atoms with Crippen molar-refractivity contribution in [3.63, 3.8) is 0 Å². The molecular weight excluding hydrogens is 301 g/mol. The van der Waals surface area contributed by atoms with Gasteiger partial charge in [-0.25, -0.2) is 22.5 Å². The maximum Gasteiger partial charge on any atom is 0.245 e. The van der Waals surface area contributed by atoms with Gasteiger partial charge < -0.3 is 5.73 Å². The summed E-state index contributed by atoms with van der Waals surface area (Å²) in [4.78, 5) is 3.60. The third kappa shape index (κ3) is 3.14. The number of hydrogen-bond acceptors (Lipinski definition) is 5. The van der Waals surface area contributed by atoms with Gasteiger partial charge in [0.05, 0.1) is 10.7 Å². The number of benzene rings is 1. The number of anilines is 1. The van der Waals surface area contributed by atoms with Crippen molar-refractivity contribution in [2.45, 2.75) is 17.7 Å². The maximum atomic E-state index is 13.6. The van der Waals surface area contributed by atoms with Crippen molar-refractivity contribution in [2.75, 3.05) is 12.3 Å². The lowest BCUT2D eigenvalue weighted by Crippen LogP contribution is -2.29. The second-order valence-electron chi connectivity index (χ2n) is 4.28. The standard InChI is InChI=1S/C12H14FN3O2S2/c1-8(12-15-5-6-19-12)7-16-20(17,18)11-9(13)3-2-4-10(11)14/h2-6,8,16H,7,14H2,1H3. The van der Waals surface area contributed by atoms with Crippen LogP contribution >= 0.6 is 11.3 Å². The minimum absolute atomic E-state index is 0.0993. The molecule has 8 heteroatoms. The second-order valence-corrected chi connectivity index (χ2v) is 6.91. The summed E-state index contributed by atoms with van der Waals surface area (Å²) >= 11 is 1.44. The van der Waals surface area contributed by atoms with E-state index in [1.54, 1.807) is 6.20 Å². The molecule has 1 atom stereocenters. The number of aromatic nitrogens is 1. The van der Waals surface area contributed by atoms with Crippen LogP contribution in [-0.4, -0.2) is 19.9 Å². The van der Waals surface area contributed by atoms with Gasteiger partial charge >= 0.3 is 0 Å². The van der Waals surface area contributed by atoms with E-state index in [0.29, 0.717) is 0 Å². The van der Waals surface area contributed by atoms with Gasteiger partial charge in [-0.3, -0.25) is 0 Å². The van der Waals surface area contributed by atoms with Gasteiger partial charge in [0.1, 0.15) is 10.7 Å². The van der Waals surface area contributed by atoms with Gasteiger partial charge in [0.15, 0.2) is 0 Å². The molecule has 0 amide bonds. The van der Waals surface area contributed by atoms with Gasteiger partial charge in [-0.1, -0.05) is 13.0 Å². The Labute approximate surface area is 120 Å². The van der Waals surface area contributed by atoms with E-state index in [2.05, 4.69) is 9.71 Å². The van der Waals surface area contributed by atoms with E-state index in [4.69, 9.17) is 5.73 Å². The summed E-state index contributed by atoms with van der Waals surface area (Å²) in [6, 6.07) is 3.78. The Bertz CT molecular complexity index is 666. The summed E-state index contributed by atoms with van der Waals surface area (Å²) in [6.07, 6.45) is 1.65. The third-order valence-electron chi connectivity index (χ3n) is 2.72. The lowest BCUT2D eigenvalue weighted by Gasteiger charge is -2.12. The van der Waals surface area contributed by atoms with Crippen LogP contribution in [0.5, 0.6) is 0 Å².